The first-order valence-electron chi connectivity index (χ1n) is 8.57. The summed E-state index contributed by atoms with van der Waals surface area (Å²) < 4.78 is 13.0. The molecule has 0 aromatic carbocycles. The maximum absolute atomic E-state index is 12.9. The van der Waals surface area contributed by atoms with Crippen LogP contribution < -0.4 is 0 Å². The van der Waals surface area contributed by atoms with Crippen LogP contribution in [0.25, 0.3) is 0 Å². The zero-order valence-electron chi connectivity index (χ0n) is 13.9. The summed E-state index contributed by atoms with van der Waals surface area (Å²) in [5, 5.41) is 3.99. The Balaban J connectivity index is 1.54. The Morgan fingerprint density at radius 2 is 2.29 bits per heavy atom. The van der Waals surface area contributed by atoms with Crippen molar-refractivity contribution >= 4 is 5.91 Å². The minimum absolute atomic E-state index is 0.0817. The Hall–Kier alpha value is -2.15. The summed E-state index contributed by atoms with van der Waals surface area (Å²) in [6.07, 6.45) is 5.90. The molecule has 7 heteroatoms. The predicted octanol–water partition coefficient (Wildman–Crippen LogP) is 2.06. The molecule has 0 bridgehead atoms. The van der Waals surface area contributed by atoms with Crippen molar-refractivity contribution in [1.82, 2.24) is 19.6 Å². The number of imidazole rings is 1. The predicted molar refractivity (Wildman–Crippen MR) is 85.4 cm³/mol. The summed E-state index contributed by atoms with van der Waals surface area (Å²) in [4.78, 5) is 18.9. The van der Waals surface area contributed by atoms with Crippen LogP contribution >= 0.6 is 0 Å². The maximum atomic E-state index is 12.9. The van der Waals surface area contributed by atoms with E-state index < -0.39 is 0 Å². The normalized spacial score (nSPS) is 20.7. The molecule has 1 amide bonds. The van der Waals surface area contributed by atoms with Crippen molar-refractivity contribution in [2.24, 2.45) is 5.92 Å². The number of rotatable bonds is 5. The van der Waals surface area contributed by atoms with Gasteiger partial charge in [0.25, 0.3) is 5.91 Å². The third kappa shape index (κ3) is 3.08. The molecule has 1 fully saturated rings. The van der Waals surface area contributed by atoms with Gasteiger partial charge < -0.3 is 18.7 Å². The second kappa shape index (κ2) is 6.39. The lowest BCUT2D eigenvalue weighted by Gasteiger charge is -2.23. The van der Waals surface area contributed by atoms with Gasteiger partial charge in [0.15, 0.2) is 5.69 Å². The minimum atomic E-state index is -0.0817. The van der Waals surface area contributed by atoms with Crippen molar-refractivity contribution in [3.63, 3.8) is 0 Å². The number of amides is 1. The molecule has 0 saturated heterocycles. The van der Waals surface area contributed by atoms with Crippen LogP contribution in [-0.2, 0) is 17.8 Å². The number of ether oxygens (including phenoxy) is 1. The second-order valence-corrected chi connectivity index (χ2v) is 6.64. The summed E-state index contributed by atoms with van der Waals surface area (Å²) in [6, 6.07) is 1.81. The summed E-state index contributed by atoms with van der Waals surface area (Å²) in [6.45, 7) is 5.28. The Labute approximate surface area is 140 Å². The minimum Gasteiger partial charge on any atom is -0.381 e. The van der Waals surface area contributed by atoms with Crippen LogP contribution in [0.3, 0.4) is 0 Å². The first kappa shape index (κ1) is 15.4. The van der Waals surface area contributed by atoms with E-state index in [1.54, 1.807) is 6.07 Å². The molecule has 1 saturated carbocycles. The molecule has 2 aromatic rings. The quantitative estimate of drug-likeness (QED) is 0.839. The van der Waals surface area contributed by atoms with Crippen LogP contribution in [-0.4, -0.2) is 45.3 Å². The third-order valence-corrected chi connectivity index (χ3v) is 4.66. The molecule has 1 unspecified atom stereocenters. The lowest BCUT2D eigenvalue weighted by atomic mass is 10.1. The molecule has 4 rings (SSSR count). The van der Waals surface area contributed by atoms with Crippen LogP contribution in [0.2, 0.25) is 0 Å². The Kier molecular flexibility index (Phi) is 4.10. The van der Waals surface area contributed by atoms with Gasteiger partial charge >= 0.3 is 0 Å². The van der Waals surface area contributed by atoms with Crippen molar-refractivity contribution < 1.29 is 14.1 Å². The molecular formula is C17H22N4O3. The summed E-state index contributed by atoms with van der Waals surface area (Å²) in [5.74, 6) is 1.44. The van der Waals surface area contributed by atoms with E-state index >= 15 is 0 Å². The van der Waals surface area contributed by atoms with Crippen LogP contribution in [0.4, 0.5) is 0 Å². The largest absolute Gasteiger partial charge is 0.381 e. The fraction of sp³-hybridized carbons (Fsp3) is 0.588. The van der Waals surface area contributed by atoms with E-state index in [-0.39, 0.29) is 11.8 Å². The molecule has 128 valence electrons. The lowest BCUT2D eigenvalue weighted by molar-refractivity contribution is 0.0611. The number of carbonyl (C=O) groups is 1. The van der Waals surface area contributed by atoms with Gasteiger partial charge in [0.1, 0.15) is 5.76 Å². The first-order chi connectivity index (χ1) is 11.7. The second-order valence-electron chi connectivity index (χ2n) is 6.64. The monoisotopic (exact) mass is 330 g/mol. The highest BCUT2D eigenvalue weighted by atomic mass is 16.5. The Morgan fingerprint density at radius 1 is 1.42 bits per heavy atom. The molecule has 0 spiro atoms. The van der Waals surface area contributed by atoms with Crippen LogP contribution in [0.5, 0.6) is 0 Å². The summed E-state index contributed by atoms with van der Waals surface area (Å²) >= 11 is 0. The fourth-order valence-corrected chi connectivity index (χ4v) is 3.21. The number of hydrogen-bond donors (Lipinski definition) is 0. The molecule has 2 aromatic heterocycles. The zero-order valence-corrected chi connectivity index (χ0v) is 13.9. The zero-order chi connectivity index (χ0) is 16.5. The van der Waals surface area contributed by atoms with E-state index in [9.17, 15) is 4.79 Å². The lowest BCUT2D eigenvalue weighted by Crippen LogP contribution is -2.35. The molecular weight excluding hydrogens is 308 g/mol. The Morgan fingerprint density at radius 3 is 3.08 bits per heavy atom. The SMILES string of the molecule is CCOCC1CN(C(=O)c2cc(C3CC3)on2)Cc2cncn2C1. The van der Waals surface area contributed by atoms with Gasteiger partial charge in [-0.2, -0.15) is 0 Å². The van der Waals surface area contributed by atoms with Gasteiger partial charge in [-0.25, -0.2) is 4.98 Å². The molecule has 1 aliphatic carbocycles. The van der Waals surface area contributed by atoms with Crippen LogP contribution in [0, 0.1) is 5.92 Å². The van der Waals surface area contributed by atoms with E-state index in [0.29, 0.717) is 37.9 Å². The number of nitrogens with zero attached hydrogens (tertiary/aromatic N) is 4. The fourth-order valence-electron chi connectivity index (χ4n) is 3.21. The third-order valence-electron chi connectivity index (χ3n) is 4.66. The average Bonchev–Trinajstić information content (AvgIpc) is 3.22. The van der Waals surface area contributed by atoms with Crippen molar-refractivity contribution in [3.05, 3.63) is 35.7 Å². The number of carbonyl (C=O) groups excluding carboxylic acids is 1. The van der Waals surface area contributed by atoms with Crippen molar-refractivity contribution in [2.75, 3.05) is 19.8 Å². The highest BCUT2D eigenvalue weighted by Gasteiger charge is 2.31. The molecule has 3 heterocycles. The highest BCUT2D eigenvalue weighted by Crippen LogP contribution is 2.40. The molecule has 0 radical (unpaired) electrons. The van der Waals surface area contributed by atoms with Gasteiger partial charge in [-0.05, 0) is 19.8 Å². The first-order valence-corrected chi connectivity index (χ1v) is 8.57. The van der Waals surface area contributed by atoms with E-state index in [1.807, 2.05) is 24.3 Å². The number of fused-ring (bicyclic) bond motifs is 1. The van der Waals surface area contributed by atoms with E-state index in [1.165, 1.54) is 0 Å². The maximum Gasteiger partial charge on any atom is 0.276 e. The van der Waals surface area contributed by atoms with E-state index in [4.69, 9.17) is 9.26 Å². The number of aromatic nitrogens is 3. The summed E-state index contributed by atoms with van der Waals surface area (Å²) in [5.41, 5.74) is 1.44. The molecule has 1 atom stereocenters. The van der Waals surface area contributed by atoms with Gasteiger partial charge in [0.05, 0.1) is 25.2 Å². The Bertz CT molecular complexity index is 719. The average molecular weight is 330 g/mol. The molecule has 7 nitrogen and oxygen atoms in total. The van der Waals surface area contributed by atoms with E-state index in [0.717, 1.165) is 30.8 Å². The smallest absolute Gasteiger partial charge is 0.276 e. The van der Waals surface area contributed by atoms with Crippen molar-refractivity contribution in [1.29, 1.82) is 0 Å². The molecule has 1 aliphatic heterocycles. The van der Waals surface area contributed by atoms with Gasteiger partial charge in [-0.3, -0.25) is 4.79 Å². The highest BCUT2D eigenvalue weighted by molar-refractivity contribution is 5.92. The topological polar surface area (TPSA) is 73.4 Å². The summed E-state index contributed by atoms with van der Waals surface area (Å²) in [7, 11) is 0. The molecule has 0 N–H and O–H groups in total. The van der Waals surface area contributed by atoms with Crippen LogP contribution in [0.1, 0.15) is 47.6 Å². The number of hydrogen-bond acceptors (Lipinski definition) is 5. The van der Waals surface area contributed by atoms with Gasteiger partial charge in [0.2, 0.25) is 0 Å². The van der Waals surface area contributed by atoms with Gasteiger partial charge in [-0.1, -0.05) is 5.16 Å². The van der Waals surface area contributed by atoms with Gasteiger partial charge in [0, 0.05) is 43.8 Å². The van der Waals surface area contributed by atoms with E-state index in [2.05, 4.69) is 14.7 Å². The molecule has 24 heavy (non-hydrogen) atoms. The van der Waals surface area contributed by atoms with Crippen LogP contribution in [0.15, 0.2) is 23.1 Å². The standard InChI is InChI=1S/C17H22N4O3/c1-2-23-10-12-7-20(9-14-6-18-11-21(14)8-12)17(22)15-5-16(24-19-15)13-3-4-13/h5-6,11-13H,2-4,7-10H2,1H3. The molecule has 2 aliphatic rings. The van der Waals surface area contributed by atoms with Crippen molar-refractivity contribution in [2.45, 2.75) is 38.8 Å². The van der Waals surface area contributed by atoms with Crippen molar-refractivity contribution in [3.8, 4) is 0 Å². The van der Waals surface area contributed by atoms with Gasteiger partial charge in [-0.15, -0.1) is 0 Å².